The number of rotatable bonds is 2. The Kier molecular flexibility index (Phi) is 2.62. The molecule has 1 heterocycles. The topological polar surface area (TPSA) is 60.7 Å². The van der Waals surface area contributed by atoms with Gasteiger partial charge in [0.1, 0.15) is 11.9 Å². The molecule has 0 spiro atoms. The summed E-state index contributed by atoms with van der Waals surface area (Å²) in [5.74, 6) is 0.717. The molecule has 0 atom stereocenters. The Labute approximate surface area is 71.2 Å². The lowest BCUT2D eigenvalue weighted by atomic mass is 10.2. The minimum Gasteiger partial charge on any atom is -0.306 e. The Morgan fingerprint density at radius 3 is 2.83 bits per heavy atom. The van der Waals surface area contributed by atoms with Gasteiger partial charge in [-0.1, -0.05) is 0 Å². The van der Waals surface area contributed by atoms with Crippen LogP contribution in [0, 0.1) is 18.3 Å². The predicted molar refractivity (Wildman–Crippen MR) is 46.4 cm³/mol. The third-order valence-electron chi connectivity index (χ3n) is 1.48. The summed E-state index contributed by atoms with van der Waals surface area (Å²) < 4.78 is 0. The zero-order chi connectivity index (χ0) is 8.97. The van der Waals surface area contributed by atoms with E-state index in [-0.39, 0.29) is 0 Å². The molecule has 0 aromatic carbocycles. The average molecular weight is 162 g/mol. The van der Waals surface area contributed by atoms with Gasteiger partial charge in [0.15, 0.2) is 0 Å². The monoisotopic (exact) mass is 162 g/mol. The Balaban J connectivity index is 2.96. The number of aryl methyl sites for hydroxylation is 1. The molecule has 1 aromatic heterocycles. The first-order valence-electron chi connectivity index (χ1n) is 3.57. The largest absolute Gasteiger partial charge is 0.306 e. The van der Waals surface area contributed by atoms with Crippen LogP contribution in [0.1, 0.15) is 11.1 Å². The third-order valence-corrected chi connectivity index (χ3v) is 1.48. The van der Waals surface area contributed by atoms with Crippen molar-refractivity contribution in [2.45, 2.75) is 6.92 Å². The molecule has 0 saturated carbocycles. The van der Waals surface area contributed by atoms with Crippen LogP contribution in [0.2, 0.25) is 0 Å². The fourth-order valence-corrected chi connectivity index (χ4v) is 0.869. The summed E-state index contributed by atoms with van der Waals surface area (Å²) in [5, 5.41) is 8.61. The molecule has 0 fully saturated rings. The minimum atomic E-state index is 0.608. The van der Waals surface area contributed by atoms with Crippen LogP contribution in [0.15, 0.2) is 12.3 Å². The van der Waals surface area contributed by atoms with Crippen LogP contribution in [0.3, 0.4) is 0 Å². The quantitative estimate of drug-likeness (QED) is 0.632. The van der Waals surface area contributed by atoms with E-state index in [0.29, 0.717) is 11.4 Å². The van der Waals surface area contributed by atoms with Gasteiger partial charge >= 0.3 is 0 Å². The number of hydrogen-bond donors (Lipinski definition) is 2. The molecule has 2 N–H and O–H groups in total. The van der Waals surface area contributed by atoms with Gasteiger partial charge in [0.2, 0.25) is 0 Å². The second-order valence-corrected chi connectivity index (χ2v) is 2.37. The molecule has 1 rings (SSSR count). The summed E-state index contributed by atoms with van der Waals surface area (Å²) in [6, 6.07) is 3.87. The van der Waals surface area contributed by atoms with Crippen molar-refractivity contribution in [1.29, 1.82) is 5.26 Å². The van der Waals surface area contributed by atoms with Gasteiger partial charge in [0.25, 0.3) is 0 Å². The predicted octanol–water partition coefficient (Wildman–Crippen LogP) is 0.808. The third kappa shape index (κ3) is 1.71. The molecule has 0 amide bonds. The second kappa shape index (κ2) is 3.69. The van der Waals surface area contributed by atoms with Crippen LogP contribution in [0.5, 0.6) is 0 Å². The van der Waals surface area contributed by atoms with Crippen LogP contribution in [-0.2, 0) is 0 Å². The van der Waals surface area contributed by atoms with E-state index in [1.165, 1.54) is 0 Å². The number of hydrogen-bond acceptors (Lipinski definition) is 4. The lowest BCUT2D eigenvalue weighted by Gasteiger charge is -2.03. The summed E-state index contributed by atoms with van der Waals surface area (Å²) in [6.45, 7) is 1.88. The van der Waals surface area contributed by atoms with E-state index in [0.717, 1.165) is 5.56 Å². The van der Waals surface area contributed by atoms with Crippen LogP contribution in [0.4, 0.5) is 5.82 Å². The van der Waals surface area contributed by atoms with Crippen molar-refractivity contribution in [2.24, 2.45) is 0 Å². The molecule has 0 unspecified atom stereocenters. The van der Waals surface area contributed by atoms with E-state index >= 15 is 0 Å². The number of anilines is 1. The zero-order valence-corrected chi connectivity index (χ0v) is 7.05. The number of pyridine rings is 1. The fourth-order valence-electron chi connectivity index (χ4n) is 0.869. The highest BCUT2D eigenvalue weighted by molar-refractivity contribution is 5.44. The maximum absolute atomic E-state index is 8.61. The van der Waals surface area contributed by atoms with Crippen molar-refractivity contribution in [3.05, 3.63) is 23.4 Å². The Morgan fingerprint density at radius 2 is 2.33 bits per heavy atom. The van der Waals surface area contributed by atoms with Gasteiger partial charge in [-0.15, -0.1) is 0 Å². The Hall–Kier alpha value is -1.60. The normalized spacial score (nSPS) is 9.08. The number of nitrogens with one attached hydrogen (secondary N) is 2. The summed E-state index contributed by atoms with van der Waals surface area (Å²) >= 11 is 0. The molecule has 12 heavy (non-hydrogen) atoms. The molecule has 0 aliphatic heterocycles. The molecule has 0 radical (unpaired) electrons. The first-order chi connectivity index (χ1) is 5.77. The van der Waals surface area contributed by atoms with Gasteiger partial charge in [0.05, 0.1) is 5.56 Å². The zero-order valence-electron chi connectivity index (χ0n) is 7.05. The van der Waals surface area contributed by atoms with Crippen molar-refractivity contribution >= 4 is 5.82 Å². The molecule has 4 nitrogen and oxygen atoms in total. The van der Waals surface area contributed by atoms with Gasteiger partial charge in [-0.2, -0.15) is 5.26 Å². The van der Waals surface area contributed by atoms with Crippen molar-refractivity contribution in [3.63, 3.8) is 0 Å². The Morgan fingerprint density at radius 1 is 1.58 bits per heavy atom. The number of nitrogens with zero attached hydrogens (tertiary/aromatic N) is 2. The number of nitriles is 1. The van der Waals surface area contributed by atoms with Crippen molar-refractivity contribution in [3.8, 4) is 6.07 Å². The van der Waals surface area contributed by atoms with E-state index in [2.05, 4.69) is 21.9 Å². The highest BCUT2D eigenvalue weighted by atomic mass is 15.4. The van der Waals surface area contributed by atoms with Gasteiger partial charge in [0, 0.05) is 13.2 Å². The SMILES string of the molecule is CNNc1cc(C)c(C#N)cn1. The summed E-state index contributed by atoms with van der Waals surface area (Å²) in [6.07, 6.45) is 1.55. The summed E-state index contributed by atoms with van der Waals surface area (Å²) in [5.41, 5.74) is 7.11. The van der Waals surface area contributed by atoms with Gasteiger partial charge < -0.3 is 5.43 Å². The van der Waals surface area contributed by atoms with Crippen LogP contribution < -0.4 is 10.9 Å². The van der Waals surface area contributed by atoms with E-state index in [1.807, 2.05) is 13.0 Å². The molecule has 62 valence electrons. The molecule has 1 aromatic rings. The van der Waals surface area contributed by atoms with E-state index < -0.39 is 0 Å². The molecule has 0 bridgehead atoms. The van der Waals surface area contributed by atoms with Gasteiger partial charge in [-0.3, -0.25) is 0 Å². The van der Waals surface area contributed by atoms with E-state index in [9.17, 15) is 0 Å². The summed E-state index contributed by atoms with van der Waals surface area (Å²) in [7, 11) is 1.76. The maximum Gasteiger partial charge on any atom is 0.140 e. The Bertz CT molecular complexity index is 313. The first kappa shape index (κ1) is 8.50. The smallest absolute Gasteiger partial charge is 0.140 e. The number of hydrazine groups is 1. The van der Waals surface area contributed by atoms with E-state index in [1.54, 1.807) is 13.2 Å². The molecular formula is C8H10N4. The maximum atomic E-state index is 8.61. The first-order valence-corrected chi connectivity index (χ1v) is 3.57. The van der Waals surface area contributed by atoms with Crippen molar-refractivity contribution in [1.82, 2.24) is 10.4 Å². The molecule has 0 saturated heterocycles. The second-order valence-electron chi connectivity index (χ2n) is 2.37. The van der Waals surface area contributed by atoms with Crippen molar-refractivity contribution < 1.29 is 0 Å². The lowest BCUT2D eigenvalue weighted by Crippen LogP contribution is -2.16. The summed E-state index contributed by atoms with van der Waals surface area (Å²) in [4.78, 5) is 4.00. The highest BCUT2D eigenvalue weighted by Crippen LogP contribution is 2.09. The molecular weight excluding hydrogens is 152 g/mol. The molecule has 0 aliphatic rings. The van der Waals surface area contributed by atoms with Gasteiger partial charge in [-0.25, -0.2) is 10.4 Å². The minimum absolute atomic E-state index is 0.608. The molecule has 4 heteroatoms. The average Bonchev–Trinajstić information content (AvgIpc) is 2.05. The van der Waals surface area contributed by atoms with Crippen LogP contribution >= 0.6 is 0 Å². The highest BCUT2D eigenvalue weighted by Gasteiger charge is 1.98. The fraction of sp³-hybridized carbons (Fsp3) is 0.250. The van der Waals surface area contributed by atoms with Crippen LogP contribution in [-0.4, -0.2) is 12.0 Å². The van der Waals surface area contributed by atoms with E-state index in [4.69, 9.17) is 5.26 Å². The number of aromatic nitrogens is 1. The van der Waals surface area contributed by atoms with Crippen molar-refractivity contribution in [2.75, 3.05) is 12.5 Å². The lowest BCUT2D eigenvalue weighted by molar-refractivity contribution is 0.963. The standard InChI is InChI=1S/C8H10N4/c1-6-3-8(12-10-2)11-5-7(6)4-9/h3,5,10H,1-2H3,(H,11,12). The van der Waals surface area contributed by atoms with Crippen LogP contribution in [0.25, 0.3) is 0 Å². The van der Waals surface area contributed by atoms with Gasteiger partial charge in [-0.05, 0) is 18.6 Å². The molecule has 0 aliphatic carbocycles.